The molecule has 0 saturated carbocycles. The zero-order valence-electron chi connectivity index (χ0n) is 15.5. The number of ether oxygens (including phenoxy) is 1. The maximum Gasteiger partial charge on any atom is 0.240 e. The fourth-order valence-electron chi connectivity index (χ4n) is 2.59. The number of methoxy groups -OCH3 is 1. The number of rotatable bonds is 8. The lowest BCUT2D eigenvalue weighted by molar-refractivity contribution is -0.115. The average molecular weight is 394 g/mol. The molecule has 0 aromatic heterocycles. The monoisotopic (exact) mass is 394 g/mol. The van der Waals surface area contributed by atoms with Crippen molar-refractivity contribution in [2.24, 2.45) is 0 Å². The van der Waals surface area contributed by atoms with E-state index in [1.54, 1.807) is 32.0 Å². The predicted octanol–water partition coefficient (Wildman–Crippen LogP) is 3.15. The van der Waals surface area contributed by atoms with E-state index in [1.165, 1.54) is 31.4 Å². The van der Waals surface area contributed by atoms with Gasteiger partial charge in [0.25, 0.3) is 0 Å². The third kappa shape index (κ3) is 5.59. The summed E-state index contributed by atoms with van der Waals surface area (Å²) in [6.45, 7) is 3.34. The van der Waals surface area contributed by atoms with Crippen LogP contribution in [0.4, 0.5) is 10.1 Å². The van der Waals surface area contributed by atoms with Gasteiger partial charge in [0.15, 0.2) is 0 Å². The Balaban J connectivity index is 2.14. The van der Waals surface area contributed by atoms with Gasteiger partial charge in [-0.1, -0.05) is 19.1 Å². The molecular weight excluding hydrogens is 371 g/mol. The Hall–Kier alpha value is -2.29. The maximum atomic E-state index is 13.4. The van der Waals surface area contributed by atoms with Crippen LogP contribution in [0.1, 0.15) is 30.6 Å². The largest absolute Gasteiger partial charge is 0.375 e. The van der Waals surface area contributed by atoms with E-state index in [4.69, 9.17) is 4.74 Å². The van der Waals surface area contributed by atoms with Crippen LogP contribution in [0.5, 0.6) is 0 Å². The summed E-state index contributed by atoms with van der Waals surface area (Å²) in [5.74, 6) is -0.570. The van der Waals surface area contributed by atoms with Crippen molar-refractivity contribution >= 4 is 21.6 Å². The van der Waals surface area contributed by atoms with Gasteiger partial charge >= 0.3 is 0 Å². The van der Waals surface area contributed by atoms with Crippen LogP contribution < -0.4 is 10.0 Å². The Morgan fingerprint density at radius 2 is 1.96 bits per heavy atom. The van der Waals surface area contributed by atoms with E-state index in [-0.39, 0.29) is 17.3 Å². The Kier molecular flexibility index (Phi) is 7.06. The van der Waals surface area contributed by atoms with Crippen molar-refractivity contribution in [3.05, 3.63) is 59.4 Å². The summed E-state index contributed by atoms with van der Waals surface area (Å²) in [4.78, 5) is 11.6. The minimum Gasteiger partial charge on any atom is -0.375 e. The zero-order chi connectivity index (χ0) is 20.0. The molecule has 2 N–H and O–H groups in total. The van der Waals surface area contributed by atoms with Crippen molar-refractivity contribution in [1.82, 2.24) is 4.72 Å². The lowest BCUT2D eigenvalue weighted by atomic mass is 10.1. The predicted molar refractivity (Wildman–Crippen MR) is 101 cm³/mol. The van der Waals surface area contributed by atoms with E-state index in [0.29, 0.717) is 23.2 Å². The molecular formula is C19H23FN2O4S. The molecule has 1 unspecified atom stereocenters. The second-order valence-electron chi connectivity index (χ2n) is 6.01. The summed E-state index contributed by atoms with van der Waals surface area (Å²) in [5, 5.41) is 2.69. The summed E-state index contributed by atoms with van der Waals surface area (Å²) >= 11 is 0. The van der Waals surface area contributed by atoms with E-state index in [0.717, 1.165) is 0 Å². The molecule has 1 amide bonds. The minimum atomic E-state index is -3.80. The van der Waals surface area contributed by atoms with Crippen molar-refractivity contribution in [2.45, 2.75) is 31.3 Å². The van der Waals surface area contributed by atoms with Gasteiger partial charge in [0.05, 0.1) is 11.0 Å². The highest BCUT2D eigenvalue weighted by atomic mass is 32.2. The molecule has 0 aliphatic carbocycles. The van der Waals surface area contributed by atoms with E-state index in [1.807, 2.05) is 0 Å². The molecule has 0 aliphatic rings. The van der Waals surface area contributed by atoms with Crippen molar-refractivity contribution in [1.29, 1.82) is 0 Å². The number of aryl methyl sites for hydroxylation is 1. The number of amides is 1. The SMILES string of the molecule is CCC(=O)Nc1ccc(S(=O)(=O)NCC(OC)c2cccc(F)c2)c(C)c1. The summed E-state index contributed by atoms with van der Waals surface area (Å²) in [5.41, 5.74) is 1.57. The number of nitrogens with one attached hydrogen (secondary N) is 2. The van der Waals surface area contributed by atoms with Gasteiger partial charge in [-0.2, -0.15) is 0 Å². The van der Waals surface area contributed by atoms with E-state index >= 15 is 0 Å². The molecule has 0 heterocycles. The highest BCUT2D eigenvalue weighted by molar-refractivity contribution is 7.89. The van der Waals surface area contributed by atoms with Gasteiger partial charge in [0.1, 0.15) is 5.82 Å². The number of halogens is 1. The molecule has 1 atom stereocenters. The molecule has 8 heteroatoms. The summed E-state index contributed by atoms with van der Waals surface area (Å²) in [6, 6.07) is 10.4. The van der Waals surface area contributed by atoms with Crippen molar-refractivity contribution in [3.63, 3.8) is 0 Å². The maximum absolute atomic E-state index is 13.4. The van der Waals surface area contributed by atoms with E-state index < -0.39 is 21.9 Å². The smallest absolute Gasteiger partial charge is 0.240 e. The van der Waals surface area contributed by atoms with Gasteiger partial charge in [-0.15, -0.1) is 0 Å². The van der Waals surface area contributed by atoms with Crippen LogP contribution in [0.3, 0.4) is 0 Å². The molecule has 6 nitrogen and oxygen atoms in total. The molecule has 146 valence electrons. The topological polar surface area (TPSA) is 84.5 Å². The molecule has 0 bridgehead atoms. The Morgan fingerprint density at radius 1 is 1.22 bits per heavy atom. The van der Waals surface area contributed by atoms with Gasteiger partial charge in [-0.05, 0) is 48.4 Å². The standard InChI is InChI=1S/C19H23FN2O4S/c1-4-19(23)22-16-8-9-18(13(2)10-16)27(24,25)21-12-17(26-3)14-6-5-7-15(20)11-14/h5-11,17,21H,4,12H2,1-3H3,(H,22,23). The van der Waals surface area contributed by atoms with Crippen LogP contribution in [0, 0.1) is 12.7 Å². The van der Waals surface area contributed by atoms with Crippen LogP contribution in [0.2, 0.25) is 0 Å². The normalized spacial score (nSPS) is 12.6. The zero-order valence-corrected chi connectivity index (χ0v) is 16.3. The minimum absolute atomic E-state index is 0.0456. The fraction of sp³-hybridized carbons (Fsp3) is 0.316. The highest BCUT2D eigenvalue weighted by Crippen LogP contribution is 2.21. The van der Waals surface area contributed by atoms with Crippen LogP contribution in [0.25, 0.3) is 0 Å². The van der Waals surface area contributed by atoms with Gasteiger partial charge in [-0.3, -0.25) is 4.79 Å². The Morgan fingerprint density at radius 3 is 2.56 bits per heavy atom. The van der Waals surface area contributed by atoms with Gasteiger partial charge in [-0.25, -0.2) is 17.5 Å². The second-order valence-corrected chi connectivity index (χ2v) is 7.75. The lowest BCUT2D eigenvalue weighted by Crippen LogP contribution is -2.29. The van der Waals surface area contributed by atoms with Crippen LogP contribution >= 0.6 is 0 Å². The average Bonchev–Trinajstić information content (AvgIpc) is 2.62. The third-order valence-electron chi connectivity index (χ3n) is 4.03. The molecule has 0 radical (unpaired) electrons. The Bertz CT molecular complexity index is 916. The molecule has 2 aromatic rings. The summed E-state index contributed by atoms with van der Waals surface area (Å²) in [7, 11) is -2.37. The molecule has 0 saturated heterocycles. The van der Waals surface area contributed by atoms with Crippen molar-refractivity contribution in [3.8, 4) is 0 Å². The van der Waals surface area contributed by atoms with Crippen LogP contribution in [-0.2, 0) is 19.6 Å². The molecule has 0 spiro atoms. The van der Waals surface area contributed by atoms with Crippen LogP contribution in [-0.4, -0.2) is 28.0 Å². The summed E-state index contributed by atoms with van der Waals surface area (Å²) in [6.07, 6.45) is -0.294. The molecule has 27 heavy (non-hydrogen) atoms. The first kappa shape index (κ1) is 21.0. The van der Waals surface area contributed by atoms with E-state index in [9.17, 15) is 17.6 Å². The second kappa shape index (κ2) is 9.07. The molecule has 2 aromatic carbocycles. The number of sulfonamides is 1. The molecule has 0 aliphatic heterocycles. The van der Waals surface area contributed by atoms with Gasteiger partial charge < -0.3 is 10.1 Å². The lowest BCUT2D eigenvalue weighted by Gasteiger charge is -2.17. The van der Waals surface area contributed by atoms with E-state index in [2.05, 4.69) is 10.0 Å². The van der Waals surface area contributed by atoms with Crippen molar-refractivity contribution in [2.75, 3.05) is 19.0 Å². The number of hydrogen-bond acceptors (Lipinski definition) is 4. The summed E-state index contributed by atoms with van der Waals surface area (Å²) < 4.78 is 46.4. The van der Waals surface area contributed by atoms with Gasteiger partial charge in [0, 0.05) is 25.8 Å². The quantitative estimate of drug-likeness (QED) is 0.720. The number of hydrogen-bond donors (Lipinski definition) is 2. The number of carbonyl (C=O) groups is 1. The number of anilines is 1. The first-order valence-corrected chi connectivity index (χ1v) is 9.93. The first-order valence-electron chi connectivity index (χ1n) is 8.45. The molecule has 2 rings (SSSR count). The van der Waals surface area contributed by atoms with Crippen molar-refractivity contribution < 1.29 is 22.3 Å². The third-order valence-corrected chi connectivity index (χ3v) is 5.62. The molecule has 0 fully saturated rings. The number of benzene rings is 2. The van der Waals surface area contributed by atoms with Crippen LogP contribution in [0.15, 0.2) is 47.4 Å². The first-order chi connectivity index (χ1) is 12.8. The number of carbonyl (C=O) groups excluding carboxylic acids is 1. The highest BCUT2D eigenvalue weighted by Gasteiger charge is 2.20. The Labute approximate surface area is 158 Å². The van der Waals surface area contributed by atoms with Gasteiger partial charge in [0.2, 0.25) is 15.9 Å². The fourth-order valence-corrected chi connectivity index (χ4v) is 3.84.